The highest BCUT2D eigenvalue weighted by Crippen LogP contribution is 2.51. The lowest BCUT2D eigenvalue weighted by Crippen LogP contribution is -2.31. The Morgan fingerprint density at radius 2 is 1.84 bits per heavy atom. The number of aliphatic imine (C=N–C) groups is 1. The molecule has 5 rings (SSSR count). The minimum absolute atomic E-state index is 0.0432. The molecule has 0 amide bonds. The van der Waals surface area contributed by atoms with E-state index in [1.807, 2.05) is 30.1 Å². The summed E-state index contributed by atoms with van der Waals surface area (Å²) in [5, 5.41) is 1.63. The van der Waals surface area contributed by atoms with Crippen molar-refractivity contribution in [2.24, 2.45) is 4.99 Å². The van der Waals surface area contributed by atoms with Gasteiger partial charge in [-0.3, -0.25) is 9.98 Å². The van der Waals surface area contributed by atoms with Crippen LogP contribution in [0.4, 0.5) is 5.69 Å². The Labute approximate surface area is 188 Å². The van der Waals surface area contributed by atoms with Gasteiger partial charge in [0, 0.05) is 42.7 Å². The van der Waals surface area contributed by atoms with Crippen molar-refractivity contribution < 1.29 is 9.47 Å². The first-order valence-electron chi connectivity index (χ1n) is 11.1. The van der Waals surface area contributed by atoms with Crippen molar-refractivity contribution in [3.05, 3.63) is 47.8 Å². The molecule has 31 heavy (non-hydrogen) atoms. The van der Waals surface area contributed by atoms with Gasteiger partial charge in [0.25, 0.3) is 0 Å². The van der Waals surface area contributed by atoms with E-state index in [4.69, 9.17) is 14.5 Å². The first-order chi connectivity index (χ1) is 15.2. The van der Waals surface area contributed by atoms with E-state index in [9.17, 15) is 0 Å². The molecule has 1 aromatic carbocycles. The molecule has 0 unspecified atom stereocenters. The van der Waals surface area contributed by atoms with Crippen LogP contribution >= 0.6 is 11.8 Å². The maximum absolute atomic E-state index is 5.96. The van der Waals surface area contributed by atoms with E-state index in [1.165, 1.54) is 19.3 Å². The van der Waals surface area contributed by atoms with E-state index in [-0.39, 0.29) is 12.1 Å². The Kier molecular flexibility index (Phi) is 5.69. The van der Waals surface area contributed by atoms with Crippen LogP contribution in [0.25, 0.3) is 0 Å². The highest BCUT2D eigenvalue weighted by atomic mass is 32.2. The van der Waals surface area contributed by atoms with E-state index in [1.54, 1.807) is 14.2 Å². The van der Waals surface area contributed by atoms with Crippen LogP contribution < -0.4 is 14.4 Å². The number of hydrogen-bond acceptors (Lipinski definition) is 7. The maximum atomic E-state index is 5.96. The third-order valence-electron chi connectivity index (χ3n) is 6.43. The zero-order chi connectivity index (χ0) is 21.4. The summed E-state index contributed by atoms with van der Waals surface area (Å²) in [6, 6.07) is 10.4. The molecule has 7 heteroatoms. The third kappa shape index (κ3) is 3.73. The molecule has 2 saturated heterocycles. The smallest absolute Gasteiger partial charge is 0.160 e. The number of thioether (sulfide) groups is 1. The molecule has 0 radical (unpaired) electrons. The molecular weight excluding hydrogens is 408 g/mol. The number of pyridine rings is 1. The summed E-state index contributed by atoms with van der Waals surface area (Å²) in [6.07, 6.45) is 5.59. The molecule has 0 spiro atoms. The van der Waals surface area contributed by atoms with Gasteiger partial charge in [0.05, 0.1) is 31.6 Å². The van der Waals surface area contributed by atoms with Crippen molar-refractivity contribution in [3.8, 4) is 11.5 Å². The van der Waals surface area contributed by atoms with Gasteiger partial charge in [-0.05, 0) is 37.5 Å². The van der Waals surface area contributed by atoms with Crippen molar-refractivity contribution >= 4 is 22.6 Å². The van der Waals surface area contributed by atoms with Crippen molar-refractivity contribution in [1.29, 1.82) is 0 Å². The van der Waals surface area contributed by atoms with E-state index in [0.29, 0.717) is 5.25 Å². The number of ether oxygens (including phenoxy) is 2. The number of anilines is 1. The fourth-order valence-corrected chi connectivity index (χ4v) is 6.07. The summed E-state index contributed by atoms with van der Waals surface area (Å²) in [5.41, 5.74) is 3.23. The molecule has 164 valence electrons. The van der Waals surface area contributed by atoms with Crippen LogP contribution in [0.15, 0.2) is 41.5 Å². The number of hydrogen-bond donors (Lipinski definition) is 0. The van der Waals surface area contributed by atoms with E-state index >= 15 is 0 Å². The Balaban J connectivity index is 1.59. The van der Waals surface area contributed by atoms with E-state index in [2.05, 4.69) is 39.9 Å². The summed E-state index contributed by atoms with van der Waals surface area (Å²) in [4.78, 5) is 14.6. The molecule has 3 atom stereocenters. The second-order valence-corrected chi connectivity index (χ2v) is 9.86. The lowest BCUT2D eigenvalue weighted by atomic mass is 9.94. The molecule has 0 bridgehead atoms. The average molecular weight is 439 g/mol. The summed E-state index contributed by atoms with van der Waals surface area (Å²) in [6.45, 7) is 5.35. The molecule has 0 aliphatic carbocycles. The van der Waals surface area contributed by atoms with Gasteiger partial charge in [0.2, 0.25) is 0 Å². The number of benzene rings is 1. The van der Waals surface area contributed by atoms with Crippen molar-refractivity contribution in [2.45, 2.75) is 43.5 Å². The largest absolute Gasteiger partial charge is 0.496 e. The lowest BCUT2D eigenvalue weighted by Gasteiger charge is -2.33. The molecule has 3 aliphatic rings. The molecule has 6 nitrogen and oxygen atoms in total. The minimum atomic E-state index is -0.0596. The Morgan fingerprint density at radius 3 is 2.55 bits per heavy atom. The predicted octanol–water partition coefficient (Wildman–Crippen LogP) is 4.68. The van der Waals surface area contributed by atoms with Crippen LogP contribution in [-0.4, -0.2) is 54.2 Å². The molecule has 2 fully saturated rings. The normalized spacial score (nSPS) is 25.4. The number of piperidine rings is 1. The number of aromatic nitrogens is 1. The first kappa shape index (κ1) is 20.5. The SMILES string of the molecule is COc1cc(N2CCCCC2)c(OC)cc1[C@@H]1[C@H](c2ccccn2)N=C2S[C@@H](C)CN21. The van der Waals surface area contributed by atoms with Gasteiger partial charge in [-0.25, -0.2) is 0 Å². The minimum Gasteiger partial charge on any atom is -0.496 e. The summed E-state index contributed by atoms with van der Waals surface area (Å²) in [7, 11) is 3.53. The first-order valence-corrected chi connectivity index (χ1v) is 12.0. The molecule has 2 aromatic rings. The maximum Gasteiger partial charge on any atom is 0.160 e. The monoisotopic (exact) mass is 438 g/mol. The number of methoxy groups -OCH3 is 2. The number of nitrogens with zero attached hydrogens (tertiary/aromatic N) is 4. The van der Waals surface area contributed by atoms with Crippen molar-refractivity contribution in [2.75, 3.05) is 38.8 Å². The van der Waals surface area contributed by atoms with Crippen LogP contribution in [0.5, 0.6) is 11.5 Å². The predicted molar refractivity (Wildman–Crippen MR) is 127 cm³/mol. The quantitative estimate of drug-likeness (QED) is 0.676. The van der Waals surface area contributed by atoms with Gasteiger partial charge < -0.3 is 19.3 Å². The molecular formula is C24H30N4O2S. The van der Waals surface area contributed by atoms with Crippen LogP contribution in [0.2, 0.25) is 0 Å². The lowest BCUT2D eigenvalue weighted by molar-refractivity contribution is 0.306. The molecule has 0 N–H and O–H groups in total. The zero-order valence-corrected chi connectivity index (χ0v) is 19.3. The summed E-state index contributed by atoms with van der Waals surface area (Å²) < 4.78 is 11.9. The molecule has 0 saturated carbocycles. The van der Waals surface area contributed by atoms with Crippen LogP contribution in [0, 0.1) is 0 Å². The summed E-state index contributed by atoms with van der Waals surface area (Å²) in [5.74, 6) is 1.80. The van der Waals surface area contributed by atoms with Crippen molar-refractivity contribution in [1.82, 2.24) is 9.88 Å². The standard InChI is InChI=1S/C24H30N4O2S/c1-16-15-28-23(22(26-24(28)31-16)18-9-5-6-10-25-18)17-13-21(30-3)19(14-20(17)29-2)27-11-7-4-8-12-27/h5-6,9-10,13-14,16,22-23H,4,7-8,11-12,15H2,1-3H3/t16-,22-,23+/m0/s1. The highest BCUT2D eigenvalue weighted by Gasteiger charge is 2.45. The van der Waals surface area contributed by atoms with Crippen LogP contribution in [-0.2, 0) is 0 Å². The van der Waals surface area contributed by atoms with Gasteiger partial charge in [0.1, 0.15) is 17.5 Å². The van der Waals surface area contributed by atoms with Gasteiger partial charge in [-0.2, -0.15) is 0 Å². The Hall–Kier alpha value is -2.41. The van der Waals surface area contributed by atoms with Gasteiger partial charge in [0.15, 0.2) is 5.17 Å². The fourth-order valence-electron chi connectivity index (χ4n) is 4.97. The highest BCUT2D eigenvalue weighted by molar-refractivity contribution is 8.14. The number of amidine groups is 1. The number of fused-ring (bicyclic) bond motifs is 1. The number of rotatable bonds is 5. The van der Waals surface area contributed by atoms with E-state index < -0.39 is 0 Å². The van der Waals surface area contributed by atoms with E-state index in [0.717, 1.165) is 53.2 Å². The second kappa shape index (κ2) is 8.61. The Morgan fingerprint density at radius 1 is 1.03 bits per heavy atom. The van der Waals surface area contributed by atoms with Crippen LogP contribution in [0.3, 0.4) is 0 Å². The van der Waals surface area contributed by atoms with Crippen LogP contribution in [0.1, 0.15) is 49.5 Å². The average Bonchev–Trinajstić information content (AvgIpc) is 3.35. The van der Waals surface area contributed by atoms with Gasteiger partial charge in [-0.1, -0.05) is 24.8 Å². The molecule has 1 aromatic heterocycles. The molecule has 4 heterocycles. The fraction of sp³-hybridized carbons (Fsp3) is 0.500. The third-order valence-corrected chi connectivity index (χ3v) is 7.53. The topological polar surface area (TPSA) is 50.2 Å². The summed E-state index contributed by atoms with van der Waals surface area (Å²) >= 11 is 1.85. The Bertz CT molecular complexity index is 962. The van der Waals surface area contributed by atoms with Crippen molar-refractivity contribution in [3.63, 3.8) is 0 Å². The second-order valence-electron chi connectivity index (χ2n) is 8.45. The zero-order valence-electron chi connectivity index (χ0n) is 18.5. The molecule has 3 aliphatic heterocycles. The van der Waals surface area contributed by atoms with Gasteiger partial charge in [-0.15, -0.1) is 0 Å². The van der Waals surface area contributed by atoms with Gasteiger partial charge >= 0.3 is 0 Å².